The summed E-state index contributed by atoms with van der Waals surface area (Å²) in [5.41, 5.74) is 0. The molecule has 0 radical (unpaired) electrons. The first-order valence-corrected chi connectivity index (χ1v) is 20.4. The maximum atomic E-state index is 12.7. The van der Waals surface area contributed by atoms with Crippen molar-refractivity contribution in [1.29, 1.82) is 0 Å². The average Bonchev–Trinajstić information content (AvgIpc) is 3.13. The summed E-state index contributed by atoms with van der Waals surface area (Å²) in [5.74, 6) is -0.827. The van der Waals surface area contributed by atoms with E-state index in [9.17, 15) is 30.0 Å². The highest BCUT2D eigenvalue weighted by Crippen LogP contribution is 2.22. The Kier molecular flexibility index (Phi) is 30.4. The molecule has 51 heavy (non-hydrogen) atoms. The lowest BCUT2D eigenvalue weighted by Crippen LogP contribution is -2.59. The van der Waals surface area contributed by atoms with Crippen molar-refractivity contribution >= 4 is 11.9 Å². The van der Waals surface area contributed by atoms with E-state index in [2.05, 4.69) is 38.2 Å². The van der Waals surface area contributed by atoms with E-state index >= 15 is 0 Å². The van der Waals surface area contributed by atoms with Gasteiger partial charge in [-0.25, -0.2) is 0 Å². The molecule has 1 fully saturated rings. The second kappa shape index (κ2) is 32.8. The molecule has 10 heteroatoms. The molecule has 1 heterocycles. The van der Waals surface area contributed by atoms with Crippen LogP contribution in [0, 0.1) is 0 Å². The van der Waals surface area contributed by atoms with Crippen molar-refractivity contribution in [2.24, 2.45) is 0 Å². The van der Waals surface area contributed by atoms with E-state index in [4.69, 9.17) is 18.9 Å². The Morgan fingerprint density at radius 2 is 1.04 bits per heavy atom. The highest BCUT2D eigenvalue weighted by atomic mass is 16.7. The van der Waals surface area contributed by atoms with Crippen LogP contribution in [0.25, 0.3) is 0 Å². The summed E-state index contributed by atoms with van der Waals surface area (Å²) in [6.07, 6.45) is 26.1. The van der Waals surface area contributed by atoms with Crippen LogP contribution in [0.5, 0.6) is 0 Å². The summed E-state index contributed by atoms with van der Waals surface area (Å²) in [5, 5.41) is 39.9. The van der Waals surface area contributed by atoms with Crippen LogP contribution in [0.3, 0.4) is 0 Å². The number of ether oxygens (including phenoxy) is 4. The highest BCUT2D eigenvalue weighted by molar-refractivity contribution is 5.70. The molecule has 1 aliphatic heterocycles. The minimum atomic E-state index is -1.59. The van der Waals surface area contributed by atoms with Crippen LogP contribution in [0.2, 0.25) is 0 Å². The second-order valence-electron chi connectivity index (χ2n) is 14.1. The van der Waals surface area contributed by atoms with Gasteiger partial charge in [0.1, 0.15) is 31.0 Å². The molecule has 0 aliphatic carbocycles. The zero-order valence-corrected chi connectivity index (χ0v) is 32.1. The van der Waals surface area contributed by atoms with Crippen LogP contribution < -0.4 is 0 Å². The first-order valence-electron chi connectivity index (χ1n) is 20.4. The van der Waals surface area contributed by atoms with Crippen LogP contribution in [0.4, 0.5) is 0 Å². The van der Waals surface area contributed by atoms with E-state index in [0.717, 1.165) is 70.6 Å². The molecule has 298 valence electrons. The molecule has 0 saturated carbocycles. The van der Waals surface area contributed by atoms with Crippen molar-refractivity contribution in [2.75, 3.05) is 19.8 Å². The van der Waals surface area contributed by atoms with Crippen LogP contribution in [-0.2, 0) is 28.5 Å². The van der Waals surface area contributed by atoms with Crippen molar-refractivity contribution in [3.63, 3.8) is 0 Å². The lowest BCUT2D eigenvalue weighted by Gasteiger charge is -2.39. The number of allylic oxidation sites excluding steroid dienone is 4. The fourth-order valence-electron chi connectivity index (χ4n) is 6.00. The SMILES string of the molecule is CCCCCC/C=C\CCCCCCCC(=O)OCC(COC1OC(CO)C(O)C(O)C1O)OC(=O)CCCCCCC/C=C\CCCCCC. The lowest BCUT2D eigenvalue weighted by molar-refractivity contribution is -0.305. The quantitative estimate of drug-likeness (QED) is 0.0300. The number of rotatable bonds is 33. The van der Waals surface area contributed by atoms with Gasteiger partial charge in [0.2, 0.25) is 0 Å². The number of aliphatic hydroxyl groups excluding tert-OH is 4. The molecule has 0 amide bonds. The number of aliphatic hydroxyl groups is 4. The first kappa shape index (κ1) is 47.2. The third kappa shape index (κ3) is 24.9. The van der Waals surface area contributed by atoms with E-state index < -0.39 is 49.4 Å². The van der Waals surface area contributed by atoms with Gasteiger partial charge >= 0.3 is 11.9 Å². The average molecular weight is 727 g/mol. The third-order valence-electron chi connectivity index (χ3n) is 9.31. The van der Waals surface area contributed by atoms with Gasteiger partial charge in [-0.2, -0.15) is 0 Å². The van der Waals surface area contributed by atoms with Gasteiger partial charge in [-0.15, -0.1) is 0 Å². The van der Waals surface area contributed by atoms with Gasteiger partial charge in [-0.05, 0) is 64.2 Å². The maximum Gasteiger partial charge on any atom is 0.306 e. The summed E-state index contributed by atoms with van der Waals surface area (Å²) >= 11 is 0. The Bertz CT molecular complexity index is 892. The molecule has 0 aromatic rings. The normalized spacial score (nSPS) is 21.4. The molecule has 1 rings (SSSR count). The number of hydrogen-bond acceptors (Lipinski definition) is 10. The van der Waals surface area contributed by atoms with Crippen LogP contribution >= 0.6 is 0 Å². The van der Waals surface area contributed by atoms with Gasteiger partial charge in [-0.3, -0.25) is 9.59 Å². The summed E-state index contributed by atoms with van der Waals surface area (Å²) in [6, 6.07) is 0. The molecule has 6 unspecified atom stereocenters. The number of carbonyl (C=O) groups is 2. The lowest BCUT2D eigenvalue weighted by atomic mass is 9.99. The van der Waals surface area contributed by atoms with E-state index in [0.29, 0.717) is 12.8 Å². The van der Waals surface area contributed by atoms with Crippen molar-refractivity contribution in [3.8, 4) is 0 Å². The van der Waals surface area contributed by atoms with Crippen LogP contribution in [0.15, 0.2) is 24.3 Å². The molecule has 0 aromatic heterocycles. The van der Waals surface area contributed by atoms with Crippen molar-refractivity contribution < 1.29 is 49.0 Å². The molecule has 0 aromatic carbocycles. The van der Waals surface area contributed by atoms with E-state index in [1.54, 1.807) is 0 Å². The predicted molar refractivity (Wildman–Crippen MR) is 201 cm³/mol. The van der Waals surface area contributed by atoms with Gasteiger partial charge in [-0.1, -0.05) is 115 Å². The van der Waals surface area contributed by atoms with E-state index in [1.165, 1.54) is 57.8 Å². The Morgan fingerprint density at radius 1 is 0.588 bits per heavy atom. The Morgan fingerprint density at radius 3 is 1.53 bits per heavy atom. The minimum Gasteiger partial charge on any atom is -0.462 e. The van der Waals surface area contributed by atoms with E-state index in [1.807, 2.05) is 0 Å². The zero-order chi connectivity index (χ0) is 37.4. The Balaban J connectivity index is 2.39. The number of esters is 2. The second-order valence-corrected chi connectivity index (χ2v) is 14.1. The van der Waals surface area contributed by atoms with Crippen molar-refractivity contribution in [2.45, 2.75) is 205 Å². The standard InChI is InChI=1S/C41H74O10/c1-3-5-7-9-11-13-15-17-19-21-23-25-27-29-36(43)48-32-34(33-49-41-40(47)39(46)38(45)35(31-42)51-41)50-37(44)30-28-26-24-22-20-18-16-14-12-10-8-6-4-2/h13-16,34-35,38-42,45-47H,3-12,17-33H2,1-2H3/b15-13-,16-14-. The Hall–Kier alpha value is -1.82. The molecule has 4 N–H and O–H groups in total. The monoisotopic (exact) mass is 727 g/mol. The molecular weight excluding hydrogens is 652 g/mol. The summed E-state index contributed by atoms with van der Waals surface area (Å²) in [6.45, 7) is 3.36. The van der Waals surface area contributed by atoms with Crippen molar-refractivity contribution in [3.05, 3.63) is 24.3 Å². The minimum absolute atomic E-state index is 0.219. The third-order valence-corrected chi connectivity index (χ3v) is 9.31. The molecule has 1 saturated heterocycles. The summed E-state index contributed by atoms with van der Waals surface area (Å²) in [4.78, 5) is 25.2. The molecule has 10 nitrogen and oxygen atoms in total. The fourth-order valence-corrected chi connectivity index (χ4v) is 6.00. The Labute approximate surface area is 309 Å². The summed E-state index contributed by atoms with van der Waals surface area (Å²) < 4.78 is 22.1. The van der Waals surface area contributed by atoms with Crippen molar-refractivity contribution in [1.82, 2.24) is 0 Å². The molecule has 6 atom stereocenters. The number of hydrogen-bond donors (Lipinski definition) is 4. The largest absolute Gasteiger partial charge is 0.462 e. The van der Waals surface area contributed by atoms with Gasteiger partial charge in [0.25, 0.3) is 0 Å². The molecule has 0 spiro atoms. The molecular formula is C41H74O10. The number of carbonyl (C=O) groups excluding carboxylic acids is 2. The summed E-state index contributed by atoms with van der Waals surface area (Å²) in [7, 11) is 0. The van der Waals surface area contributed by atoms with Crippen LogP contribution in [-0.4, -0.2) is 89.0 Å². The van der Waals surface area contributed by atoms with E-state index in [-0.39, 0.29) is 32.0 Å². The van der Waals surface area contributed by atoms with Gasteiger partial charge in [0.15, 0.2) is 12.4 Å². The fraction of sp³-hybridized carbons (Fsp3) is 0.854. The van der Waals surface area contributed by atoms with Crippen LogP contribution in [0.1, 0.15) is 168 Å². The van der Waals surface area contributed by atoms with Gasteiger partial charge in [0.05, 0.1) is 13.2 Å². The predicted octanol–water partition coefficient (Wildman–Crippen LogP) is 7.77. The highest BCUT2D eigenvalue weighted by Gasteiger charge is 2.44. The van der Waals surface area contributed by atoms with Gasteiger partial charge < -0.3 is 39.4 Å². The molecule has 1 aliphatic rings. The zero-order valence-electron chi connectivity index (χ0n) is 32.1. The first-order chi connectivity index (χ1) is 24.8. The maximum absolute atomic E-state index is 12.7. The topological polar surface area (TPSA) is 152 Å². The smallest absolute Gasteiger partial charge is 0.306 e. The van der Waals surface area contributed by atoms with Gasteiger partial charge in [0, 0.05) is 12.8 Å². The molecule has 0 bridgehead atoms. The number of unbranched alkanes of at least 4 members (excludes halogenated alkanes) is 18.